The summed E-state index contributed by atoms with van der Waals surface area (Å²) in [5, 5.41) is 9.74. The maximum Gasteiger partial charge on any atom is 0.361 e. The maximum absolute atomic E-state index is 12.9. The number of carbonyl (C=O) groups excluding carboxylic acids is 2. The van der Waals surface area contributed by atoms with Crippen molar-refractivity contribution in [2.45, 2.75) is 405 Å². The van der Waals surface area contributed by atoms with Crippen LogP contribution in [0.3, 0.4) is 0 Å². The number of nitrogens with zero attached hydrogens (tertiary/aromatic N) is 1. The summed E-state index contributed by atoms with van der Waals surface area (Å²) in [6.07, 6.45) is 83.4. The fourth-order valence-corrected chi connectivity index (χ4v) is 11.6. The van der Waals surface area contributed by atoms with Crippen LogP contribution < -0.4 is 0 Å². The molecule has 0 bridgehead atoms. The Bertz CT molecular complexity index is 1460. The Hall–Kier alpha value is -2.23. The normalized spacial score (nSPS) is 12.7. The van der Waals surface area contributed by atoms with Crippen LogP contribution in [-0.4, -0.2) is 87.4 Å². The highest BCUT2D eigenvalue weighted by Gasteiger charge is 2.25. The smallest absolute Gasteiger partial charge is 0.361 e. The van der Waals surface area contributed by atoms with E-state index in [4.69, 9.17) is 18.9 Å². The first-order chi connectivity index (χ1) is 42.1. The molecule has 508 valence electrons. The zero-order valence-corrected chi connectivity index (χ0v) is 58.3. The molecule has 0 rings (SSSR count). The first-order valence-corrected chi connectivity index (χ1v) is 38.0. The zero-order chi connectivity index (χ0) is 62.6. The molecule has 0 amide bonds. The second kappa shape index (κ2) is 68.7. The van der Waals surface area contributed by atoms with Gasteiger partial charge in [-0.3, -0.25) is 9.59 Å². The number of rotatable bonds is 72. The second-order valence-electron chi connectivity index (χ2n) is 27.3. The average molecular weight is 1220 g/mol. The van der Waals surface area contributed by atoms with Crippen molar-refractivity contribution < 1.29 is 42.9 Å². The Morgan fingerprint density at radius 2 is 0.628 bits per heavy atom. The standard InChI is InChI=1S/C77H147NO8/c1-6-8-10-12-14-16-18-20-22-24-26-28-29-30-31-32-33-34-35-36-37-38-39-40-41-42-43-44-45-46-48-49-51-53-55-57-59-61-63-65-67-74(79)84-71-73(72-85-77(76(81)82)83-70-69-78(3,4)5)86-75(80)68-66-64-62-60-58-56-54-52-50-47-27-25-23-21-19-17-15-13-11-9-7-2/h19,21,25,27,73,77H,6-18,20,22-24,26,28-72H2,1-5H3/p+1/b21-19-,27-25-. The van der Waals surface area contributed by atoms with E-state index < -0.39 is 24.3 Å². The minimum absolute atomic E-state index is 0.178. The van der Waals surface area contributed by atoms with E-state index in [1.165, 1.54) is 315 Å². The van der Waals surface area contributed by atoms with Gasteiger partial charge in [0, 0.05) is 12.8 Å². The summed E-state index contributed by atoms with van der Waals surface area (Å²) in [5.41, 5.74) is 0. The van der Waals surface area contributed by atoms with E-state index >= 15 is 0 Å². The number of quaternary nitrogens is 1. The summed E-state index contributed by atoms with van der Waals surface area (Å²) in [4.78, 5) is 37.6. The summed E-state index contributed by atoms with van der Waals surface area (Å²) in [6.45, 7) is 4.93. The Balaban J connectivity index is 3.91. The van der Waals surface area contributed by atoms with Gasteiger partial charge in [-0.15, -0.1) is 0 Å². The van der Waals surface area contributed by atoms with Crippen molar-refractivity contribution in [3.05, 3.63) is 24.3 Å². The summed E-state index contributed by atoms with van der Waals surface area (Å²) in [5.74, 6) is -1.98. The number of carboxylic acids is 1. The molecular formula is C77H148NO8+. The third-order valence-electron chi connectivity index (χ3n) is 17.5. The molecule has 0 radical (unpaired) electrons. The van der Waals surface area contributed by atoms with Gasteiger partial charge < -0.3 is 28.5 Å². The van der Waals surface area contributed by atoms with Crippen LogP contribution in [0.1, 0.15) is 393 Å². The van der Waals surface area contributed by atoms with Crippen LogP contribution in [0.25, 0.3) is 0 Å². The molecule has 2 unspecified atom stereocenters. The summed E-state index contributed by atoms with van der Waals surface area (Å²) in [6, 6.07) is 0. The fraction of sp³-hybridized carbons (Fsp3) is 0.909. The summed E-state index contributed by atoms with van der Waals surface area (Å²) >= 11 is 0. The van der Waals surface area contributed by atoms with Gasteiger partial charge >= 0.3 is 17.9 Å². The van der Waals surface area contributed by atoms with Gasteiger partial charge in [0.1, 0.15) is 13.2 Å². The molecule has 0 aromatic rings. The third-order valence-corrected chi connectivity index (χ3v) is 17.5. The average Bonchev–Trinajstić information content (AvgIpc) is 3.64. The molecule has 0 heterocycles. The van der Waals surface area contributed by atoms with Crippen LogP contribution in [0.5, 0.6) is 0 Å². The minimum atomic E-state index is -1.51. The predicted molar refractivity (Wildman–Crippen MR) is 369 cm³/mol. The van der Waals surface area contributed by atoms with Crippen molar-refractivity contribution in [2.75, 3.05) is 47.5 Å². The highest BCUT2D eigenvalue weighted by Crippen LogP contribution is 2.20. The van der Waals surface area contributed by atoms with E-state index in [1.54, 1.807) is 0 Å². The van der Waals surface area contributed by atoms with Gasteiger partial charge in [0.25, 0.3) is 6.29 Å². The molecule has 0 aromatic heterocycles. The molecule has 0 aliphatic carbocycles. The number of likely N-dealkylation sites (N-methyl/N-ethyl adjacent to an activating group) is 1. The van der Waals surface area contributed by atoms with Crippen LogP contribution in [0.15, 0.2) is 24.3 Å². The van der Waals surface area contributed by atoms with Crippen molar-refractivity contribution in [3.8, 4) is 0 Å². The lowest BCUT2D eigenvalue weighted by Crippen LogP contribution is -2.40. The Labute approximate surface area is 535 Å². The van der Waals surface area contributed by atoms with Gasteiger partial charge in [0.2, 0.25) is 0 Å². The SMILES string of the molecule is CCCCCCC/C=C\C/C=C\CCCCCCCCCCCC(=O)OC(COC(=O)CCCCCCCCCCCCCCCCCCCCCCCCCCCCCCCCCCCCCCCCCC)COC(OCC[N+](C)(C)C)C(=O)O. The number of hydrogen-bond donors (Lipinski definition) is 1. The number of unbranched alkanes of at least 4 members (excludes halogenated alkanes) is 53. The molecule has 0 aliphatic rings. The zero-order valence-electron chi connectivity index (χ0n) is 58.3. The second-order valence-corrected chi connectivity index (χ2v) is 27.3. The third kappa shape index (κ3) is 69.2. The molecule has 1 N–H and O–H groups in total. The minimum Gasteiger partial charge on any atom is -0.477 e. The Kier molecular flexibility index (Phi) is 66.9. The molecule has 0 aliphatic heterocycles. The number of ether oxygens (including phenoxy) is 4. The highest BCUT2D eigenvalue weighted by molar-refractivity contribution is 5.71. The van der Waals surface area contributed by atoms with Crippen LogP contribution >= 0.6 is 0 Å². The van der Waals surface area contributed by atoms with Crippen molar-refractivity contribution in [1.29, 1.82) is 0 Å². The van der Waals surface area contributed by atoms with Gasteiger partial charge in [0.15, 0.2) is 6.10 Å². The molecule has 2 atom stereocenters. The molecule has 0 saturated carbocycles. The highest BCUT2D eigenvalue weighted by atomic mass is 16.7. The van der Waals surface area contributed by atoms with Crippen molar-refractivity contribution in [2.24, 2.45) is 0 Å². The van der Waals surface area contributed by atoms with E-state index in [1.807, 2.05) is 21.1 Å². The number of hydrogen-bond acceptors (Lipinski definition) is 7. The van der Waals surface area contributed by atoms with Gasteiger partial charge in [-0.2, -0.15) is 0 Å². The monoisotopic (exact) mass is 1220 g/mol. The lowest BCUT2D eigenvalue weighted by atomic mass is 10.0. The molecular weight excluding hydrogens is 1070 g/mol. The Morgan fingerprint density at radius 1 is 0.349 bits per heavy atom. The summed E-state index contributed by atoms with van der Waals surface area (Å²) < 4.78 is 23.0. The number of esters is 2. The van der Waals surface area contributed by atoms with Crippen LogP contribution in [-0.2, 0) is 33.3 Å². The van der Waals surface area contributed by atoms with Gasteiger partial charge in [-0.25, -0.2) is 4.79 Å². The van der Waals surface area contributed by atoms with Crippen molar-refractivity contribution >= 4 is 17.9 Å². The predicted octanol–water partition coefficient (Wildman–Crippen LogP) is 23.8. The summed E-state index contributed by atoms with van der Waals surface area (Å²) in [7, 11) is 5.99. The van der Waals surface area contributed by atoms with E-state index in [0.717, 1.165) is 51.4 Å². The lowest BCUT2D eigenvalue weighted by Gasteiger charge is -2.25. The molecule has 9 heteroatoms. The van der Waals surface area contributed by atoms with Gasteiger partial charge in [0.05, 0.1) is 34.4 Å². The maximum atomic E-state index is 12.9. The molecule has 0 saturated heterocycles. The van der Waals surface area contributed by atoms with Crippen LogP contribution in [0.2, 0.25) is 0 Å². The Morgan fingerprint density at radius 3 is 0.919 bits per heavy atom. The molecule has 0 spiro atoms. The van der Waals surface area contributed by atoms with Crippen molar-refractivity contribution in [1.82, 2.24) is 0 Å². The number of carbonyl (C=O) groups is 3. The van der Waals surface area contributed by atoms with E-state index in [9.17, 15) is 19.5 Å². The van der Waals surface area contributed by atoms with Crippen LogP contribution in [0.4, 0.5) is 0 Å². The van der Waals surface area contributed by atoms with Gasteiger partial charge in [-0.05, 0) is 44.9 Å². The van der Waals surface area contributed by atoms with Gasteiger partial charge in [-0.1, -0.05) is 359 Å². The number of aliphatic carboxylic acids is 1. The molecule has 0 fully saturated rings. The first-order valence-electron chi connectivity index (χ1n) is 38.0. The topological polar surface area (TPSA) is 108 Å². The quantitative estimate of drug-likeness (QED) is 0.0211. The first kappa shape index (κ1) is 83.8. The lowest BCUT2D eigenvalue weighted by molar-refractivity contribution is -0.870. The molecule has 0 aromatic carbocycles. The van der Waals surface area contributed by atoms with E-state index in [0.29, 0.717) is 17.4 Å². The van der Waals surface area contributed by atoms with Crippen molar-refractivity contribution in [3.63, 3.8) is 0 Å². The fourth-order valence-electron chi connectivity index (χ4n) is 11.6. The number of allylic oxidation sites excluding steroid dienone is 4. The largest absolute Gasteiger partial charge is 0.477 e. The number of carboxylic acid groups (broad SMARTS) is 1. The molecule has 9 nitrogen and oxygen atoms in total. The van der Waals surface area contributed by atoms with Crippen LogP contribution in [0, 0.1) is 0 Å². The van der Waals surface area contributed by atoms with E-state index in [-0.39, 0.29) is 32.2 Å². The molecule has 86 heavy (non-hydrogen) atoms. The van der Waals surface area contributed by atoms with E-state index in [2.05, 4.69) is 38.2 Å².